The van der Waals surface area contributed by atoms with Gasteiger partial charge in [-0.05, 0) is 37.3 Å². The predicted molar refractivity (Wildman–Crippen MR) is 104 cm³/mol. The highest BCUT2D eigenvalue weighted by atomic mass is 32.2. The van der Waals surface area contributed by atoms with E-state index in [-0.39, 0.29) is 22.9 Å². The quantitative estimate of drug-likeness (QED) is 0.340. The zero-order valence-electron chi connectivity index (χ0n) is 15.3. The number of carbonyl (C=O) groups is 1. The van der Waals surface area contributed by atoms with Crippen molar-refractivity contribution in [3.63, 3.8) is 0 Å². The van der Waals surface area contributed by atoms with Crippen LogP contribution in [-0.2, 0) is 4.74 Å². The van der Waals surface area contributed by atoms with E-state index in [9.17, 15) is 18.4 Å². The van der Waals surface area contributed by atoms with Crippen LogP contribution in [0.5, 0.6) is 0 Å². The van der Waals surface area contributed by atoms with Gasteiger partial charge in [0.2, 0.25) is 0 Å². The first-order valence-corrected chi connectivity index (χ1v) is 9.52. The standard InChI is InChI=1S/C20H18F2N2O3S/c1-12(10-27-2)24-19(26)14-5-3-4-6-17(14)23-20(24)28-11-18(25)13-7-8-15(21)16(22)9-13/h3-9,12H,10-11H2,1-2H3. The largest absolute Gasteiger partial charge is 0.383 e. The van der Waals surface area contributed by atoms with Crippen LogP contribution in [0, 0.1) is 11.6 Å². The summed E-state index contributed by atoms with van der Waals surface area (Å²) < 4.78 is 33.1. The van der Waals surface area contributed by atoms with Gasteiger partial charge >= 0.3 is 0 Å². The zero-order chi connectivity index (χ0) is 20.3. The first-order valence-electron chi connectivity index (χ1n) is 8.53. The van der Waals surface area contributed by atoms with Gasteiger partial charge in [0.25, 0.3) is 5.56 Å². The van der Waals surface area contributed by atoms with Crippen LogP contribution in [0.4, 0.5) is 8.78 Å². The number of ether oxygens (including phenoxy) is 1. The van der Waals surface area contributed by atoms with Gasteiger partial charge in [-0.2, -0.15) is 0 Å². The van der Waals surface area contributed by atoms with Crippen LogP contribution in [0.2, 0.25) is 0 Å². The Labute approximate surface area is 164 Å². The third-order valence-electron chi connectivity index (χ3n) is 4.20. The average molecular weight is 404 g/mol. The van der Waals surface area contributed by atoms with E-state index >= 15 is 0 Å². The number of rotatable bonds is 7. The summed E-state index contributed by atoms with van der Waals surface area (Å²) in [6, 6.07) is 9.68. The second-order valence-corrected chi connectivity index (χ2v) is 7.17. The summed E-state index contributed by atoms with van der Waals surface area (Å²) in [5.41, 5.74) is 0.361. The fourth-order valence-electron chi connectivity index (χ4n) is 2.81. The SMILES string of the molecule is COCC(C)n1c(SCC(=O)c2ccc(F)c(F)c2)nc2ccccc2c1=O. The summed E-state index contributed by atoms with van der Waals surface area (Å²) in [4.78, 5) is 29.8. The van der Waals surface area contributed by atoms with E-state index in [1.54, 1.807) is 24.3 Å². The highest BCUT2D eigenvalue weighted by molar-refractivity contribution is 7.99. The Balaban J connectivity index is 1.94. The number of hydrogen-bond donors (Lipinski definition) is 0. The van der Waals surface area contributed by atoms with Crippen molar-refractivity contribution < 1.29 is 18.3 Å². The third kappa shape index (κ3) is 4.13. The lowest BCUT2D eigenvalue weighted by Crippen LogP contribution is -2.28. The summed E-state index contributed by atoms with van der Waals surface area (Å²) in [6.45, 7) is 2.12. The van der Waals surface area contributed by atoms with Gasteiger partial charge in [-0.3, -0.25) is 14.2 Å². The van der Waals surface area contributed by atoms with Gasteiger partial charge in [0, 0.05) is 12.7 Å². The fourth-order valence-corrected chi connectivity index (χ4v) is 3.81. The Bertz CT molecular complexity index is 1080. The fraction of sp³-hybridized carbons (Fsp3) is 0.250. The monoisotopic (exact) mass is 404 g/mol. The molecule has 0 fully saturated rings. The van der Waals surface area contributed by atoms with Gasteiger partial charge in [0.1, 0.15) is 0 Å². The first-order chi connectivity index (χ1) is 13.4. The second-order valence-electron chi connectivity index (χ2n) is 6.23. The molecule has 1 heterocycles. The van der Waals surface area contributed by atoms with Gasteiger partial charge in [0.05, 0.1) is 29.3 Å². The molecule has 8 heteroatoms. The summed E-state index contributed by atoms with van der Waals surface area (Å²) >= 11 is 1.07. The number of halogens is 2. The van der Waals surface area contributed by atoms with Crippen LogP contribution >= 0.6 is 11.8 Å². The third-order valence-corrected chi connectivity index (χ3v) is 5.15. The smallest absolute Gasteiger partial charge is 0.262 e. The summed E-state index contributed by atoms with van der Waals surface area (Å²) in [7, 11) is 1.54. The van der Waals surface area contributed by atoms with Crippen LogP contribution < -0.4 is 5.56 Å². The van der Waals surface area contributed by atoms with E-state index in [0.29, 0.717) is 22.7 Å². The Morgan fingerprint density at radius 1 is 1.21 bits per heavy atom. The minimum absolute atomic E-state index is 0.0611. The molecule has 0 N–H and O–H groups in total. The molecule has 0 saturated heterocycles. The van der Waals surface area contributed by atoms with Crippen molar-refractivity contribution in [3.8, 4) is 0 Å². The number of fused-ring (bicyclic) bond motifs is 1. The Morgan fingerprint density at radius 3 is 2.68 bits per heavy atom. The molecule has 0 saturated carbocycles. The minimum Gasteiger partial charge on any atom is -0.383 e. The normalized spacial score (nSPS) is 12.3. The van der Waals surface area contributed by atoms with Crippen molar-refractivity contribution in [1.82, 2.24) is 9.55 Å². The number of carbonyl (C=O) groups excluding carboxylic acids is 1. The van der Waals surface area contributed by atoms with Gasteiger partial charge < -0.3 is 4.74 Å². The van der Waals surface area contributed by atoms with Crippen LogP contribution in [-0.4, -0.2) is 34.8 Å². The van der Waals surface area contributed by atoms with Crippen LogP contribution in [0.25, 0.3) is 10.9 Å². The zero-order valence-corrected chi connectivity index (χ0v) is 16.1. The molecule has 0 aliphatic rings. The average Bonchev–Trinajstić information content (AvgIpc) is 2.68. The van der Waals surface area contributed by atoms with Crippen molar-refractivity contribution in [1.29, 1.82) is 0 Å². The molecule has 1 atom stereocenters. The van der Waals surface area contributed by atoms with E-state index in [0.717, 1.165) is 23.9 Å². The van der Waals surface area contributed by atoms with E-state index in [1.807, 2.05) is 6.92 Å². The molecular formula is C20H18F2N2O3S. The molecular weight excluding hydrogens is 386 g/mol. The van der Waals surface area contributed by atoms with Crippen LogP contribution in [0.15, 0.2) is 52.4 Å². The topological polar surface area (TPSA) is 61.2 Å². The summed E-state index contributed by atoms with van der Waals surface area (Å²) in [6.07, 6.45) is 0. The van der Waals surface area contributed by atoms with E-state index in [1.165, 1.54) is 17.7 Å². The molecule has 1 unspecified atom stereocenters. The van der Waals surface area contributed by atoms with Gasteiger partial charge in [-0.1, -0.05) is 23.9 Å². The number of para-hydroxylation sites is 1. The lowest BCUT2D eigenvalue weighted by Gasteiger charge is -2.18. The van der Waals surface area contributed by atoms with E-state index < -0.39 is 17.4 Å². The van der Waals surface area contributed by atoms with Crippen molar-refractivity contribution in [3.05, 3.63) is 70.0 Å². The Hall–Kier alpha value is -2.58. The van der Waals surface area contributed by atoms with Crippen molar-refractivity contribution in [2.24, 2.45) is 0 Å². The molecule has 28 heavy (non-hydrogen) atoms. The minimum atomic E-state index is -1.08. The van der Waals surface area contributed by atoms with Crippen molar-refractivity contribution in [2.45, 2.75) is 18.1 Å². The highest BCUT2D eigenvalue weighted by Crippen LogP contribution is 2.22. The number of ketones is 1. The number of nitrogens with zero attached hydrogens (tertiary/aromatic N) is 2. The number of Topliss-reactive ketones (excluding diaryl/α,β-unsaturated/α-hetero) is 1. The Kier molecular flexibility index (Phi) is 6.21. The summed E-state index contributed by atoms with van der Waals surface area (Å²) in [5, 5.41) is 0.839. The van der Waals surface area contributed by atoms with Crippen LogP contribution in [0.1, 0.15) is 23.3 Å². The number of thioether (sulfide) groups is 1. The molecule has 0 aliphatic heterocycles. The first kappa shape index (κ1) is 20.2. The van der Waals surface area contributed by atoms with Crippen molar-refractivity contribution in [2.75, 3.05) is 19.5 Å². The molecule has 1 aromatic heterocycles. The number of benzene rings is 2. The molecule has 0 radical (unpaired) electrons. The second kappa shape index (κ2) is 8.62. The molecule has 3 aromatic rings. The van der Waals surface area contributed by atoms with Crippen LogP contribution in [0.3, 0.4) is 0 Å². The Morgan fingerprint density at radius 2 is 1.96 bits per heavy atom. The van der Waals surface area contributed by atoms with Gasteiger partial charge in [0.15, 0.2) is 22.6 Å². The maximum absolute atomic E-state index is 13.4. The van der Waals surface area contributed by atoms with Gasteiger partial charge in [-0.15, -0.1) is 0 Å². The molecule has 3 rings (SSSR count). The molecule has 2 aromatic carbocycles. The molecule has 146 valence electrons. The molecule has 0 bridgehead atoms. The predicted octanol–water partition coefficient (Wildman–Crippen LogP) is 3.86. The molecule has 0 amide bonds. The molecule has 0 spiro atoms. The number of hydrogen-bond acceptors (Lipinski definition) is 5. The maximum atomic E-state index is 13.4. The maximum Gasteiger partial charge on any atom is 0.262 e. The van der Waals surface area contributed by atoms with Crippen molar-refractivity contribution >= 4 is 28.4 Å². The number of aromatic nitrogens is 2. The highest BCUT2D eigenvalue weighted by Gasteiger charge is 2.18. The van der Waals surface area contributed by atoms with E-state index in [4.69, 9.17) is 4.74 Å². The summed E-state index contributed by atoms with van der Waals surface area (Å²) in [5.74, 6) is -2.56. The van der Waals surface area contributed by atoms with E-state index in [2.05, 4.69) is 4.98 Å². The lowest BCUT2D eigenvalue weighted by atomic mass is 10.1. The van der Waals surface area contributed by atoms with Gasteiger partial charge in [-0.25, -0.2) is 13.8 Å². The number of methoxy groups -OCH3 is 1. The lowest BCUT2D eigenvalue weighted by molar-refractivity contribution is 0.102. The molecule has 5 nitrogen and oxygen atoms in total. The molecule has 0 aliphatic carbocycles.